The molecule has 120 valence electrons. The molecule has 0 atom stereocenters. The van der Waals surface area contributed by atoms with Gasteiger partial charge in [0, 0.05) is 30.5 Å². The summed E-state index contributed by atoms with van der Waals surface area (Å²) in [5.41, 5.74) is 2.49. The molecule has 3 rings (SSSR count). The van der Waals surface area contributed by atoms with Gasteiger partial charge in [0.1, 0.15) is 11.6 Å². The highest BCUT2D eigenvalue weighted by atomic mass is 19.1. The highest BCUT2D eigenvalue weighted by Crippen LogP contribution is 2.26. The summed E-state index contributed by atoms with van der Waals surface area (Å²) in [6.07, 6.45) is 2.39. The minimum absolute atomic E-state index is 0.172. The number of hydrogen-bond donors (Lipinski definition) is 1. The van der Waals surface area contributed by atoms with E-state index in [2.05, 4.69) is 10.2 Å². The highest BCUT2D eigenvalue weighted by Gasteiger charge is 2.16. The normalized spacial score (nSPS) is 14.1. The van der Waals surface area contributed by atoms with Crippen LogP contribution in [0.3, 0.4) is 0 Å². The quantitative estimate of drug-likeness (QED) is 0.923. The first-order valence-electron chi connectivity index (χ1n) is 7.66. The van der Waals surface area contributed by atoms with Crippen LogP contribution in [0.15, 0.2) is 36.4 Å². The van der Waals surface area contributed by atoms with Crippen molar-refractivity contribution in [1.82, 2.24) is 0 Å². The van der Waals surface area contributed by atoms with Gasteiger partial charge in [0.25, 0.3) is 5.91 Å². The van der Waals surface area contributed by atoms with Crippen LogP contribution < -0.4 is 10.2 Å². The number of anilines is 2. The van der Waals surface area contributed by atoms with Gasteiger partial charge in [0.15, 0.2) is 0 Å². The van der Waals surface area contributed by atoms with Gasteiger partial charge in [-0.05, 0) is 55.7 Å². The zero-order chi connectivity index (χ0) is 16.4. The second kappa shape index (κ2) is 6.36. The number of amides is 1. The molecule has 23 heavy (non-hydrogen) atoms. The van der Waals surface area contributed by atoms with Crippen molar-refractivity contribution in [1.29, 1.82) is 0 Å². The summed E-state index contributed by atoms with van der Waals surface area (Å²) in [5, 5.41) is 2.68. The topological polar surface area (TPSA) is 32.3 Å². The molecule has 0 aromatic heterocycles. The Labute approximate surface area is 133 Å². The molecule has 5 heteroatoms. The van der Waals surface area contributed by atoms with Crippen LogP contribution in [0.2, 0.25) is 0 Å². The lowest BCUT2D eigenvalue weighted by molar-refractivity contribution is 0.102. The number of halogens is 2. The Morgan fingerprint density at radius 2 is 1.83 bits per heavy atom. The lowest BCUT2D eigenvalue weighted by Gasteiger charge is -2.19. The molecule has 0 bridgehead atoms. The van der Waals surface area contributed by atoms with E-state index in [-0.39, 0.29) is 5.56 Å². The summed E-state index contributed by atoms with van der Waals surface area (Å²) in [6, 6.07) is 8.71. The summed E-state index contributed by atoms with van der Waals surface area (Å²) < 4.78 is 26.6. The number of carbonyl (C=O) groups is 1. The van der Waals surface area contributed by atoms with E-state index in [0.29, 0.717) is 11.8 Å². The van der Waals surface area contributed by atoms with Crippen molar-refractivity contribution in [3.8, 4) is 0 Å². The number of hydrogen-bond acceptors (Lipinski definition) is 2. The Morgan fingerprint density at radius 1 is 1.09 bits per heavy atom. The van der Waals surface area contributed by atoms with E-state index in [1.54, 1.807) is 0 Å². The molecular formula is C18H18F2N2O. The molecule has 1 aliphatic heterocycles. The maximum absolute atomic E-state index is 13.7. The average Bonchev–Trinajstić information content (AvgIpc) is 3.03. The van der Waals surface area contributed by atoms with Gasteiger partial charge >= 0.3 is 0 Å². The van der Waals surface area contributed by atoms with E-state index in [1.165, 1.54) is 12.8 Å². The number of nitrogens with one attached hydrogen (secondary N) is 1. The SMILES string of the molecule is Cc1cc(N2CCCC2)ccc1NC(=O)c1ccc(F)cc1F. The van der Waals surface area contributed by atoms with E-state index in [4.69, 9.17) is 0 Å². The van der Waals surface area contributed by atoms with Gasteiger partial charge in [-0.2, -0.15) is 0 Å². The lowest BCUT2D eigenvalue weighted by atomic mass is 10.1. The van der Waals surface area contributed by atoms with Crippen LogP contribution in [0, 0.1) is 18.6 Å². The summed E-state index contributed by atoms with van der Waals surface area (Å²) in [7, 11) is 0. The average molecular weight is 316 g/mol. The third-order valence-corrected chi connectivity index (χ3v) is 4.11. The monoisotopic (exact) mass is 316 g/mol. The molecule has 3 nitrogen and oxygen atoms in total. The van der Waals surface area contributed by atoms with Crippen LogP contribution in [-0.4, -0.2) is 19.0 Å². The van der Waals surface area contributed by atoms with Gasteiger partial charge < -0.3 is 10.2 Å². The van der Waals surface area contributed by atoms with Crippen LogP contribution in [0.1, 0.15) is 28.8 Å². The smallest absolute Gasteiger partial charge is 0.258 e. The lowest BCUT2D eigenvalue weighted by Crippen LogP contribution is -2.18. The number of benzene rings is 2. The molecule has 0 aliphatic carbocycles. The molecule has 1 aliphatic rings. The fourth-order valence-corrected chi connectivity index (χ4v) is 2.82. The third kappa shape index (κ3) is 3.33. The summed E-state index contributed by atoms with van der Waals surface area (Å²) >= 11 is 0. The number of aryl methyl sites for hydroxylation is 1. The summed E-state index contributed by atoms with van der Waals surface area (Å²) in [4.78, 5) is 14.5. The second-order valence-corrected chi connectivity index (χ2v) is 5.77. The maximum atomic E-state index is 13.7. The molecule has 0 unspecified atom stereocenters. The van der Waals surface area contributed by atoms with Crippen molar-refractivity contribution in [3.05, 3.63) is 59.2 Å². The first kappa shape index (κ1) is 15.5. The van der Waals surface area contributed by atoms with Gasteiger partial charge in [0.05, 0.1) is 5.56 Å². The van der Waals surface area contributed by atoms with E-state index in [1.807, 2.05) is 25.1 Å². The molecular weight excluding hydrogens is 298 g/mol. The maximum Gasteiger partial charge on any atom is 0.258 e. The van der Waals surface area contributed by atoms with Gasteiger partial charge in [-0.1, -0.05) is 0 Å². The minimum atomic E-state index is -0.867. The molecule has 2 aromatic rings. The van der Waals surface area contributed by atoms with Crippen LogP contribution in [0.25, 0.3) is 0 Å². The molecule has 0 saturated carbocycles. The molecule has 0 spiro atoms. The highest BCUT2D eigenvalue weighted by molar-refractivity contribution is 6.04. The predicted octanol–water partition coefficient (Wildman–Crippen LogP) is 4.13. The Kier molecular flexibility index (Phi) is 4.28. The molecule has 0 radical (unpaired) electrons. The number of nitrogens with zero attached hydrogens (tertiary/aromatic N) is 1. The Bertz CT molecular complexity index is 740. The van der Waals surface area contributed by atoms with Crippen LogP contribution in [0.4, 0.5) is 20.2 Å². The first-order valence-corrected chi connectivity index (χ1v) is 7.66. The van der Waals surface area contributed by atoms with E-state index < -0.39 is 17.5 Å². The van der Waals surface area contributed by atoms with Gasteiger partial charge in [-0.25, -0.2) is 8.78 Å². The molecule has 1 fully saturated rings. The van der Waals surface area contributed by atoms with Crippen LogP contribution in [-0.2, 0) is 0 Å². The zero-order valence-electron chi connectivity index (χ0n) is 12.9. The fraction of sp³-hybridized carbons (Fsp3) is 0.278. The molecule has 1 N–H and O–H groups in total. The summed E-state index contributed by atoms with van der Waals surface area (Å²) in [6.45, 7) is 3.99. The van der Waals surface area contributed by atoms with Crippen LogP contribution >= 0.6 is 0 Å². The zero-order valence-corrected chi connectivity index (χ0v) is 12.9. The first-order chi connectivity index (χ1) is 11.0. The van der Waals surface area contributed by atoms with Crippen molar-refractivity contribution in [3.63, 3.8) is 0 Å². The van der Waals surface area contributed by atoms with Gasteiger partial charge in [-0.15, -0.1) is 0 Å². The Balaban J connectivity index is 1.78. The van der Waals surface area contributed by atoms with Gasteiger partial charge in [-0.3, -0.25) is 4.79 Å². The van der Waals surface area contributed by atoms with Gasteiger partial charge in [0.2, 0.25) is 0 Å². The number of carbonyl (C=O) groups excluding carboxylic acids is 1. The molecule has 1 saturated heterocycles. The van der Waals surface area contributed by atoms with Crippen molar-refractivity contribution in [2.45, 2.75) is 19.8 Å². The van der Waals surface area contributed by atoms with Crippen molar-refractivity contribution in [2.75, 3.05) is 23.3 Å². The fourth-order valence-electron chi connectivity index (χ4n) is 2.82. The minimum Gasteiger partial charge on any atom is -0.372 e. The Morgan fingerprint density at radius 3 is 2.48 bits per heavy atom. The Hall–Kier alpha value is -2.43. The molecule has 1 heterocycles. The van der Waals surface area contributed by atoms with E-state index in [0.717, 1.165) is 36.5 Å². The molecule has 1 amide bonds. The standard InChI is InChI=1S/C18H18F2N2O/c1-12-10-14(22-8-2-3-9-22)5-7-17(12)21-18(23)15-6-4-13(19)11-16(15)20/h4-7,10-11H,2-3,8-9H2,1H3,(H,21,23). The summed E-state index contributed by atoms with van der Waals surface area (Å²) in [5.74, 6) is -2.15. The van der Waals surface area contributed by atoms with Crippen LogP contribution in [0.5, 0.6) is 0 Å². The van der Waals surface area contributed by atoms with E-state index in [9.17, 15) is 13.6 Å². The van der Waals surface area contributed by atoms with Crippen molar-refractivity contribution in [2.24, 2.45) is 0 Å². The predicted molar refractivity (Wildman–Crippen MR) is 86.9 cm³/mol. The number of rotatable bonds is 3. The third-order valence-electron chi connectivity index (χ3n) is 4.11. The van der Waals surface area contributed by atoms with Crippen molar-refractivity contribution < 1.29 is 13.6 Å². The largest absolute Gasteiger partial charge is 0.372 e. The van der Waals surface area contributed by atoms with Crippen molar-refractivity contribution >= 4 is 17.3 Å². The second-order valence-electron chi connectivity index (χ2n) is 5.77. The van der Waals surface area contributed by atoms with E-state index >= 15 is 0 Å². The molecule has 2 aromatic carbocycles.